The summed E-state index contributed by atoms with van der Waals surface area (Å²) >= 11 is 10.1. The van der Waals surface area contributed by atoms with Crippen molar-refractivity contribution in [1.29, 1.82) is 0 Å². The summed E-state index contributed by atoms with van der Waals surface area (Å²) in [5, 5.41) is 4.58. The van der Waals surface area contributed by atoms with Crippen LogP contribution in [0.25, 0.3) is 10.9 Å². The minimum absolute atomic E-state index is 0.159. The number of halogens is 2. The average Bonchev–Trinajstić information content (AvgIpc) is 3.28. The fourth-order valence-corrected chi connectivity index (χ4v) is 5.95. The van der Waals surface area contributed by atoms with Crippen molar-refractivity contribution >= 4 is 56.1 Å². The number of hydrogen-bond acceptors (Lipinski definition) is 5. The van der Waals surface area contributed by atoms with Crippen molar-refractivity contribution in [2.24, 2.45) is 0 Å². The molecule has 0 spiro atoms. The Morgan fingerprint density at radius 3 is 2.64 bits per heavy atom. The molecule has 3 aromatic rings. The lowest BCUT2D eigenvalue weighted by molar-refractivity contribution is -0.155. The van der Waals surface area contributed by atoms with Gasteiger partial charge < -0.3 is 15.0 Å². The number of amides is 1. The molecule has 8 heteroatoms. The number of carbonyl (C=O) groups excluding carboxylic acids is 2. The van der Waals surface area contributed by atoms with Gasteiger partial charge in [-0.3, -0.25) is 9.59 Å². The van der Waals surface area contributed by atoms with E-state index in [-0.39, 0.29) is 24.2 Å². The van der Waals surface area contributed by atoms with Crippen molar-refractivity contribution in [3.05, 3.63) is 68.7 Å². The Hall–Kier alpha value is -2.64. The van der Waals surface area contributed by atoms with Crippen LogP contribution in [0.4, 0.5) is 5.82 Å². The first-order valence-corrected chi connectivity index (χ1v) is 14.7. The van der Waals surface area contributed by atoms with Gasteiger partial charge in [0, 0.05) is 51.9 Å². The molecule has 2 aromatic carbocycles. The van der Waals surface area contributed by atoms with E-state index in [0.717, 1.165) is 51.7 Å². The number of ether oxygens (including phenoxy) is 1. The van der Waals surface area contributed by atoms with Crippen molar-refractivity contribution in [1.82, 2.24) is 10.3 Å². The lowest BCUT2D eigenvalue weighted by Crippen LogP contribution is -2.32. The van der Waals surface area contributed by atoms with Crippen LogP contribution in [0.5, 0.6) is 0 Å². The molecule has 0 bridgehead atoms. The maximum absolute atomic E-state index is 13.9. The van der Waals surface area contributed by atoms with Gasteiger partial charge in [-0.15, -0.1) is 0 Å². The molecule has 1 N–H and O–H groups in total. The van der Waals surface area contributed by atoms with E-state index in [1.807, 2.05) is 70.2 Å². The number of pyridine rings is 1. The Morgan fingerprint density at radius 1 is 1.23 bits per heavy atom. The zero-order chi connectivity index (χ0) is 28.3. The highest BCUT2D eigenvalue weighted by molar-refractivity contribution is 9.10. The number of carbonyl (C=O) groups is 2. The van der Waals surface area contributed by atoms with Crippen LogP contribution in [0.1, 0.15) is 80.8 Å². The first kappa shape index (κ1) is 29.3. The SMILES string of the molecule is Cc1c(N2CCCC2C)nc2ccc(Br)cc2c1C(=O)NCC(CCC(=O)OC(C)(C)C)c1ccccc1Cl. The van der Waals surface area contributed by atoms with E-state index >= 15 is 0 Å². The predicted molar refractivity (Wildman–Crippen MR) is 162 cm³/mol. The molecule has 39 heavy (non-hydrogen) atoms. The zero-order valence-electron chi connectivity index (χ0n) is 23.3. The lowest BCUT2D eigenvalue weighted by atomic mass is 9.93. The molecule has 2 unspecified atom stereocenters. The molecule has 0 saturated carbocycles. The summed E-state index contributed by atoms with van der Waals surface area (Å²) in [5.41, 5.74) is 2.63. The first-order valence-electron chi connectivity index (χ1n) is 13.6. The Kier molecular flexibility index (Phi) is 9.22. The molecule has 0 radical (unpaired) electrons. The fraction of sp³-hybridized carbons (Fsp3) is 0.452. The van der Waals surface area contributed by atoms with Gasteiger partial charge in [0.2, 0.25) is 0 Å². The van der Waals surface area contributed by atoms with Crippen molar-refractivity contribution in [2.75, 3.05) is 18.0 Å². The van der Waals surface area contributed by atoms with Gasteiger partial charge >= 0.3 is 5.97 Å². The van der Waals surface area contributed by atoms with Crippen LogP contribution in [0.3, 0.4) is 0 Å². The number of hydrogen-bond donors (Lipinski definition) is 1. The van der Waals surface area contributed by atoms with Gasteiger partial charge in [-0.25, -0.2) is 4.98 Å². The number of fused-ring (bicyclic) bond motifs is 1. The molecule has 6 nitrogen and oxygen atoms in total. The maximum atomic E-state index is 13.9. The highest BCUT2D eigenvalue weighted by atomic mass is 79.9. The minimum Gasteiger partial charge on any atom is -0.460 e. The van der Waals surface area contributed by atoms with E-state index in [1.165, 1.54) is 0 Å². The van der Waals surface area contributed by atoms with Crippen LogP contribution in [0.2, 0.25) is 5.02 Å². The molecule has 2 heterocycles. The summed E-state index contributed by atoms with van der Waals surface area (Å²) < 4.78 is 6.41. The Labute approximate surface area is 244 Å². The molecule has 1 aliphatic heterocycles. The summed E-state index contributed by atoms with van der Waals surface area (Å²) in [5.74, 6) is 0.275. The van der Waals surface area contributed by atoms with Crippen molar-refractivity contribution in [3.63, 3.8) is 0 Å². The molecule has 208 valence electrons. The Balaban J connectivity index is 1.63. The minimum atomic E-state index is -0.552. The van der Waals surface area contributed by atoms with E-state index < -0.39 is 5.60 Å². The molecule has 1 aliphatic rings. The topological polar surface area (TPSA) is 71.5 Å². The van der Waals surface area contributed by atoms with E-state index in [0.29, 0.717) is 29.6 Å². The third-order valence-electron chi connectivity index (χ3n) is 7.19. The molecular formula is C31H37BrClN3O3. The van der Waals surface area contributed by atoms with Gasteiger partial charge in [0.25, 0.3) is 5.91 Å². The number of esters is 1. The molecule has 4 rings (SSSR count). The molecule has 1 fully saturated rings. The van der Waals surface area contributed by atoms with Crippen molar-refractivity contribution in [2.45, 2.75) is 77.9 Å². The van der Waals surface area contributed by atoms with E-state index in [1.54, 1.807) is 0 Å². The number of benzene rings is 2. The normalized spacial score (nSPS) is 16.4. The molecule has 1 aromatic heterocycles. The smallest absolute Gasteiger partial charge is 0.306 e. The van der Waals surface area contributed by atoms with Crippen LogP contribution in [0.15, 0.2) is 46.9 Å². The number of aromatic nitrogens is 1. The second-order valence-corrected chi connectivity index (χ2v) is 12.7. The average molecular weight is 615 g/mol. The molecule has 1 amide bonds. The summed E-state index contributed by atoms with van der Waals surface area (Å²) in [4.78, 5) is 33.7. The quantitative estimate of drug-likeness (QED) is 0.265. The zero-order valence-corrected chi connectivity index (χ0v) is 25.7. The van der Waals surface area contributed by atoms with Crippen molar-refractivity contribution in [3.8, 4) is 0 Å². The van der Waals surface area contributed by atoms with Crippen LogP contribution >= 0.6 is 27.5 Å². The largest absolute Gasteiger partial charge is 0.460 e. The summed E-state index contributed by atoms with van der Waals surface area (Å²) in [6, 6.07) is 13.8. The van der Waals surface area contributed by atoms with Crippen LogP contribution in [0, 0.1) is 6.92 Å². The summed E-state index contributed by atoms with van der Waals surface area (Å²) in [6.07, 6.45) is 2.94. The Morgan fingerprint density at radius 2 is 1.97 bits per heavy atom. The van der Waals surface area contributed by atoms with Gasteiger partial charge in [0.05, 0.1) is 11.1 Å². The lowest BCUT2D eigenvalue weighted by Gasteiger charge is -2.26. The number of nitrogens with zero attached hydrogens (tertiary/aromatic N) is 2. The van der Waals surface area contributed by atoms with Gasteiger partial charge in [-0.05, 0) is 83.7 Å². The standard InChI is InChI=1S/C31H37BrClN3O3/c1-19-9-8-16-36(19)29-20(2)28(24-17-22(32)13-14-26(24)35-29)30(38)34-18-21(23-10-6-7-11-25(23)33)12-15-27(37)39-31(3,4)5/h6-7,10-11,13-14,17,19,21H,8-9,12,15-16,18H2,1-5H3,(H,34,38). The third-order valence-corrected chi connectivity index (χ3v) is 8.03. The highest BCUT2D eigenvalue weighted by Gasteiger charge is 2.28. The number of nitrogens with one attached hydrogen (secondary N) is 1. The molecule has 1 saturated heterocycles. The van der Waals surface area contributed by atoms with Crippen LogP contribution in [-0.2, 0) is 9.53 Å². The monoisotopic (exact) mass is 613 g/mol. The fourth-order valence-electron chi connectivity index (χ4n) is 5.30. The molecule has 2 atom stereocenters. The van der Waals surface area contributed by atoms with Gasteiger partial charge in [0.1, 0.15) is 11.4 Å². The second kappa shape index (κ2) is 12.3. The molecular weight excluding hydrogens is 578 g/mol. The van der Waals surface area contributed by atoms with Gasteiger partial charge in [-0.2, -0.15) is 0 Å². The maximum Gasteiger partial charge on any atom is 0.306 e. The van der Waals surface area contributed by atoms with E-state index in [9.17, 15) is 9.59 Å². The van der Waals surface area contributed by atoms with Crippen LogP contribution in [-0.4, -0.2) is 41.6 Å². The summed E-state index contributed by atoms with van der Waals surface area (Å²) in [7, 11) is 0. The van der Waals surface area contributed by atoms with Gasteiger partial charge in [-0.1, -0.05) is 45.7 Å². The second-order valence-electron chi connectivity index (χ2n) is 11.3. The van der Waals surface area contributed by atoms with E-state index in [2.05, 4.69) is 33.1 Å². The molecule has 0 aliphatic carbocycles. The number of anilines is 1. The summed E-state index contributed by atoms with van der Waals surface area (Å²) in [6.45, 7) is 11.0. The van der Waals surface area contributed by atoms with E-state index in [4.69, 9.17) is 21.3 Å². The Bertz CT molecular complexity index is 1370. The third kappa shape index (κ3) is 7.12. The van der Waals surface area contributed by atoms with Crippen molar-refractivity contribution < 1.29 is 14.3 Å². The number of rotatable bonds is 8. The van der Waals surface area contributed by atoms with Crippen LogP contribution < -0.4 is 10.2 Å². The van der Waals surface area contributed by atoms with Gasteiger partial charge in [0.15, 0.2) is 0 Å². The highest BCUT2D eigenvalue weighted by Crippen LogP contribution is 2.34. The first-order chi connectivity index (χ1) is 18.4. The predicted octanol–water partition coefficient (Wildman–Crippen LogP) is 7.58.